The van der Waals surface area contributed by atoms with E-state index in [0.29, 0.717) is 11.0 Å². The predicted octanol–water partition coefficient (Wildman–Crippen LogP) is 3.08. The number of hydrogen-bond acceptors (Lipinski definition) is 5. The van der Waals surface area contributed by atoms with E-state index in [-0.39, 0.29) is 17.3 Å². The summed E-state index contributed by atoms with van der Waals surface area (Å²) in [4.78, 5) is 11.8. The highest BCUT2D eigenvalue weighted by atomic mass is 32.2. The average molecular weight is 274 g/mol. The zero-order valence-electron chi connectivity index (χ0n) is 10.2. The Morgan fingerprint density at radius 2 is 2.41 bits per heavy atom. The molecule has 0 heterocycles. The highest BCUT2D eigenvalue weighted by molar-refractivity contribution is 8.23. The van der Waals surface area contributed by atoms with Crippen LogP contribution < -0.4 is 0 Å². The van der Waals surface area contributed by atoms with Crippen molar-refractivity contribution < 1.29 is 14.3 Å². The topological polar surface area (TPSA) is 35.5 Å². The second-order valence-electron chi connectivity index (χ2n) is 3.78. The Kier molecular flexibility index (Phi) is 6.58. The van der Waals surface area contributed by atoms with Gasteiger partial charge in [-0.2, -0.15) is 0 Å². The summed E-state index contributed by atoms with van der Waals surface area (Å²) < 4.78 is 10.9. The SMILES string of the molecule is CCOC(=S)SC(C)C(=O)OC1C=CCCC1. The maximum absolute atomic E-state index is 11.8. The summed E-state index contributed by atoms with van der Waals surface area (Å²) in [7, 11) is 0. The average Bonchev–Trinajstić information content (AvgIpc) is 2.30. The van der Waals surface area contributed by atoms with E-state index in [2.05, 4.69) is 6.08 Å². The summed E-state index contributed by atoms with van der Waals surface area (Å²) >= 11 is 6.20. The normalized spacial score (nSPS) is 20.7. The first-order valence-corrected chi connectivity index (χ1v) is 7.12. The molecule has 0 bridgehead atoms. The van der Waals surface area contributed by atoms with Crippen LogP contribution in [0.4, 0.5) is 0 Å². The molecule has 1 aliphatic rings. The van der Waals surface area contributed by atoms with Gasteiger partial charge >= 0.3 is 5.97 Å². The largest absolute Gasteiger partial charge is 0.479 e. The molecule has 0 aliphatic heterocycles. The Morgan fingerprint density at radius 1 is 1.65 bits per heavy atom. The van der Waals surface area contributed by atoms with Crippen molar-refractivity contribution in [1.29, 1.82) is 0 Å². The number of allylic oxidation sites excluding steroid dienone is 1. The lowest BCUT2D eigenvalue weighted by atomic mass is 10.1. The van der Waals surface area contributed by atoms with E-state index in [1.54, 1.807) is 6.92 Å². The third-order valence-corrected chi connectivity index (χ3v) is 3.61. The van der Waals surface area contributed by atoms with Gasteiger partial charge in [0.15, 0.2) is 0 Å². The molecule has 0 fully saturated rings. The minimum atomic E-state index is -0.315. The summed E-state index contributed by atoms with van der Waals surface area (Å²) in [6.07, 6.45) is 7.01. The number of thiocarbonyl (C=S) groups is 1. The third-order valence-electron chi connectivity index (χ3n) is 2.34. The van der Waals surface area contributed by atoms with E-state index < -0.39 is 0 Å². The predicted molar refractivity (Wildman–Crippen MR) is 74.1 cm³/mol. The molecule has 0 saturated heterocycles. The monoisotopic (exact) mass is 274 g/mol. The number of esters is 1. The Balaban J connectivity index is 2.33. The summed E-state index contributed by atoms with van der Waals surface area (Å²) in [6.45, 7) is 4.17. The van der Waals surface area contributed by atoms with E-state index in [1.807, 2.05) is 13.0 Å². The van der Waals surface area contributed by atoms with Crippen LogP contribution >= 0.6 is 24.0 Å². The lowest BCUT2D eigenvalue weighted by Gasteiger charge is -2.19. The van der Waals surface area contributed by atoms with E-state index >= 15 is 0 Å². The van der Waals surface area contributed by atoms with Crippen LogP contribution in [0.2, 0.25) is 0 Å². The molecule has 0 N–H and O–H groups in total. The van der Waals surface area contributed by atoms with Gasteiger partial charge in [0, 0.05) is 0 Å². The highest BCUT2D eigenvalue weighted by Gasteiger charge is 2.21. The number of ether oxygens (including phenoxy) is 2. The van der Waals surface area contributed by atoms with Gasteiger partial charge in [-0.25, -0.2) is 0 Å². The molecule has 3 nitrogen and oxygen atoms in total. The minimum absolute atomic E-state index is 0.0695. The number of carbonyl (C=O) groups excluding carboxylic acids is 1. The highest BCUT2D eigenvalue weighted by Crippen LogP contribution is 2.19. The second kappa shape index (κ2) is 7.71. The first kappa shape index (κ1) is 14.5. The quantitative estimate of drug-likeness (QED) is 0.447. The Morgan fingerprint density at radius 3 is 3.00 bits per heavy atom. The molecule has 0 saturated carbocycles. The summed E-state index contributed by atoms with van der Waals surface area (Å²) in [6, 6.07) is 0. The zero-order chi connectivity index (χ0) is 12.7. The Hall–Kier alpha value is -0.550. The number of rotatable bonds is 4. The van der Waals surface area contributed by atoms with Crippen molar-refractivity contribution in [2.45, 2.75) is 44.5 Å². The van der Waals surface area contributed by atoms with Crippen LogP contribution in [0.3, 0.4) is 0 Å². The lowest BCUT2D eigenvalue weighted by Crippen LogP contribution is -2.25. The maximum atomic E-state index is 11.8. The van der Waals surface area contributed by atoms with Crippen molar-refractivity contribution in [3.8, 4) is 0 Å². The molecule has 0 aromatic rings. The third kappa shape index (κ3) is 5.55. The fourth-order valence-corrected chi connectivity index (χ4v) is 2.65. The molecular weight excluding hydrogens is 256 g/mol. The van der Waals surface area contributed by atoms with Crippen molar-refractivity contribution >= 4 is 34.3 Å². The molecule has 0 aromatic carbocycles. The van der Waals surface area contributed by atoms with E-state index in [9.17, 15) is 4.79 Å². The molecule has 5 heteroatoms. The second-order valence-corrected chi connectivity index (χ2v) is 5.72. The van der Waals surface area contributed by atoms with Gasteiger partial charge in [-0.15, -0.1) is 0 Å². The summed E-state index contributed by atoms with van der Waals surface area (Å²) in [5.74, 6) is -0.228. The van der Waals surface area contributed by atoms with Crippen molar-refractivity contribution in [2.24, 2.45) is 0 Å². The fourth-order valence-electron chi connectivity index (χ4n) is 1.47. The van der Waals surface area contributed by atoms with Gasteiger partial charge in [-0.1, -0.05) is 17.8 Å². The van der Waals surface area contributed by atoms with E-state index in [1.165, 1.54) is 11.8 Å². The van der Waals surface area contributed by atoms with Gasteiger partial charge in [0.05, 0.1) is 6.61 Å². The fraction of sp³-hybridized carbons (Fsp3) is 0.667. The molecule has 0 amide bonds. The first-order valence-electron chi connectivity index (χ1n) is 5.84. The van der Waals surface area contributed by atoms with Crippen molar-refractivity contribution in [2.75, 3.05) is 6.61 Å². The van der Waals surface area contributed by atoms with Crippen LogP contribution in [0.1, 0.15) is 33.1 Å². The molecule has 2 atom stereocenters. The zero-order valence-corrected chi connectivity index (χ0v) is 11.8. The Labute approximate surface area is 112 Å². The Bertz CT molecular complexity index is 302. The van der Waals surface area contributed by atoms with Crippen LogP contribution in [0.25, 0.3) is 0 Å². The molecule has 0 radical (unpaired) electrons. The molecule has 17 heavy (non-hydrogen) atoms. The van der Waals surface area contributed by atoms with Crippen LogP contribution in [0.15, 0.2) is 12.2 Å². The maximum Gasteiger partial charge on any atom is 0.319 e. The molecule has 1 rings (SSSR count). The standard InChI is InChI=1S/C12H18O3S2/c1-3-14-12(16)17-9(2)11(13)15-10-7-5-4-6-8-10/h5,7,9-10H,3-4,6,8H2,1-2H3. The first-order chi connectivity index (χ1) is 8.13. The van der Waals surface area contributed by atoms with Crippen LogP contribution in [0.5, 0.6) is 0 Å². The minimum Gasteiger partial charge on any atom is -0.479 e. The lowest BCUT2D eigenvalue weighted by molar-refractivity contribution is -0.146. The number of carbonyl (C=O) groups is 1. The van der Waals surface area contributed by atoms with Gasteiger partial charge in [-0.05, 0) is 51.4 Å². The number of hydrogen-bond donors (Lipinski definition) is 0. The number of thioether (sulfide) groups is 1. The van der Waals surface area contributed by atoms with Crippen molar-refractivity contribution in [1.82, 2.24) is 0 Å². The van der Waals surface area contributed by atoms with Gasteiger partial charge in [-0.3, -0.25) is 4.79 Å². The molecule has 0 spiro atoms. The molecule has 0 aromatic heterocycles. The van der Waals surface area contributed by atoms with Gasteiger partial charge in [0.1, 0.15) is 11.4 Å². The van der Waals surface area contributed by atoms with Crippen molar-refractivity contribution in [3.63, 3.8) is 0 Å². The molecule has 2 unspecified atom stereocenters. The van der Waals surface area contributed by atoms with Crippen LogP contribution in [0, 0.1) is 0 Å². The van der Waals surface area contributed by atoms with Crippen molar-refractivity contribution in [3.05, 3.63) is 12.2 Å². The summed E-state index contributed by atoms with van der Waals surface area (Å²) in [5.41, 5.74) is 0. The van der Waals surface area contributed by atoms with Gasteiger partial charge in [0.25, 0.3) is 0 Å². The van der Waals surface area contributed by atoms with Crippen LogP contribution in [-0.4, -0.2) is 28.3 Å². The van der Waals surface area contributed by atoms with E-state index in [4.69, 9.17) is 21.7 Å². The smallest absolute Gasteiger partial charge is 0.319 e. The van der Waals surface area contributed by atoms with Gasteiger partial charge < -0.3 is 9.47 Å². The summed E-state index contributed by atoms with van der Waals surface area (Å²) in [5, 5.41) is -0.315. The molecule has 1 aliphatic carbocycles. The van der Waals surface area contributed by atoms with E-state index in [0.717, 1.165) is 19.3 Å². The van der Waals surface area contributed by atoms with Crippen LogP contribution in [-0.2, 0) is 14.3 Å². The molecule has 96 valence electrons. The molecular formula is C12H18O3S2. The van der Waals surface area contributed by atoms with Gasteiger partial charge in [0.2, 0.25) is 4.38 Å².